The minimum atomic E-state index is -0.252. The summed E-state index contributed by atoms with van der Waals surface area (Å²) in [5.74, 6) is 0. The molecule has 1 aromatic carbocycles. The molecule has 0 aliphatic heterocycles. The van der Waals surface area contributed by atoms with Crippen molar-refractivity contribution >= 4 is 0 Å². The summed E-state index contributed by atoms with van der Waals surface area (Å²) in [5, 5.41) is 9.82. The molecule has 15 heavy (non-hydrogen) atoms. The number of aliphatic hydroxyl groups is 1. The molecule has 0 aromatic heterocycles. The fourth-order valence-electron chi connectivity index (χ4n) is 1.58. The van der Waals surface area contributed by atoms with Gasteiger partial charge in [0.15, 0.2) is 0 Å². The number of hydrogen-bond donors (Lipinski definition) is 1. The van der Waals surface area contributed by atoms with Gasteiger partial charge in [-0.1, -0.05) is 30.3 Å². The quantitative estimate of drug-likeness (QED) is 0.649. The van der Waals surface area contributed by atoms with Crippen LogP contribution in [0.3, 0.4) is 0 Å². The van der Waals surface area contributed by atoms with Gasteiger partial charge < -0.3 is 26.6 Å². The number of aliphatic hydroxyl groups excluding tert-OH is 1. The molecule has 0 bridgehead atoms. The zero-order valence-corrected chi connectivity index (χ0v) is 11.2. The molecule has 0 spiro atoms. The molecule has 3 heteroatoms. The van der Waals surface area contributed by atoms with Gasteiger partial charge in [-0.15, -0.1) is 0 Å². The summed E-state index contributed by atoms with van der Waals surface area (Å²) in [7, 11) is 6.27. The Morgan fingerprint density at radius 1 is 1.13 bits per heavy atom. The third-order valence-electron chi connectivity index (χ3n) is 2.07. The van der Waals surface area contributed by atoms with Crippen LogP contribution in [0.2, 0.25) is 0 Å². The third-order valence-corrected chi connectivity index (χ3v) is 2.07. The smallest absolute Gasteiger partial charge is 0.107 e. The predicted octanol–water partition coefficient (Wildman–Crippen LogP) is -1.70. The summed E-state index contributed by atoms with van der Waals surface area (Å²) in [5.41, 5.74) is 1.20. The van der Waals surface area contributed by atoms with E-state index in [1.165, 1.54) is 5.56 Å². The van der Waals surface area contributed by atoms with Crippen molar-refractivity contribution in [2.45, 2.75) is 12.5 Å². The van der Waals surface area contributed by atoms with Gasteiger partial charge in [0.2, 0.25) is 0 Å². The molecular weight excluding hydrogens is 254 g/mol. The molecule has 1 unspecified atom stereocenters. The number of benzene rings is 1. The fraction of sp³-hybridized carbons (Fsp3) is 0.500. The van der Waals surface area contributed by atoms with Crippen LogP contribution in [0, 0.1) is 0 Å². The molecule has 1 aromatic rings. The monoisotopic (exact) mass is 273 g/mol. The molecule has 1 rings (SSSR count). The number of likely N-dealkylation sites (N-methyl/N-ethyl adjacent to an activating group) is 1. The maximum Gasteiger partial charge on any atom is 0.107 e. The summed E-state index contributed by atoms with van der Waals surface area (Å²) in [4.78, 5) is 0. The maximum absolute atomic E-state index is 9.82. The molecule has 0 aliphatic carbocycles. The Morgan fingerprint density at radius 2 is 1.67 bits per heavy atom. The largest absolute Gasteiger partial charge is 1.00 e. The SMILES string of the molecule is C[N+](C)(C)CC(O)Cc1ccccc1.[Br-]. The van der Waals surface area contributed by atoms with E-state index in [-0.39, 0.29) is 23.1 Å². The van der Waals surface area contributed by atoms with E-state index < -0.39 is 0 Å². The average Bonchev–Trinajstić information content (AvgIpc) is 2.02. The Balaban J connectivity index is 0.00000196. The van der Waals surface area contributed by atoms with Crippen molar-refractivity contribution in [3.8, 4) is 0 Å². The zero-order valence-electron chi connectivity index (χ0n) is 9.65. The summed E-state index contributed by atoms with van der Waals surface area (Å²) in [6, 6.07) is 10.1. The van der Waals surface area contributed by atoms with Crippen molar-refractivity contribution in [2.24, 2.45) is 0 Å². The Hall–Kier alpha value is -0.380. The Kier molecular flexibility index (Phi) is 6.10. The second kappa shape index (κ2) is 6.26. The molecule has 0 amide bonds. The summed E-state index contributed by atoms with van der Waals surface area (Å²) >= 11 is 0. The van der Waals surface area contributed by atoms with Gasteiger partial charge in [-0.2, -0.15) is 0 Å². The van der Waals surface area contributed by atoms with Crippen LogP contribution in [0.5, 0.6) is 0 Å². The van der Waals surface area contributed by atoms with E-state index in [4.69, 9.17) is 0 Å². The minimum Gasteiger partial charge on any atom is -1.00 e. The van der Waals surface area contributed by atoms with Crippen LogP contribution in [-0.2, 0) is 6.42 Å². The highest BCUT2D eigenvalue weighted by Gasteiger charge is 2.15. The maximum atomic E-state index is 9.82. The van der Waals surface area contributed by atoms with E-state index in [0.29, 0.717) is 0 Å². The molecule has 0 saturated heterocycles. The molecule has 1 atom stereocenters. The highest BCUT2D eigenvalue weighted by atomic mass is 79.9. The van der Waals surface area contributed by atoms with Gasteiger partial charge in [-0.05, 0) is 5.56 Å². The van der Waals surface area contributed by atoms with Gasteiger partial charge >= 0.3 is 0 Å². The van der Waals surface area contributed by atoms with E-state index in [0.717, 1.165) is 17.4 Å². The predicted molar refractivity (Wildman–Crippen MR) is 59.1 cm³/mol. The van der Waals surface area contributed by atoms with Crippen molar-refractivity contribution in [3.63, 3.8) is 0 Å². The van der Waals surface area contributed by atoms with E-state index >= 15 is 0 Å². The lowest BCUT2D eigenvalue weighted by Gasteiger charge is -2.26. The summed E-state index contributed by atoms with van der Waals surface area (Å²) in [6.07, 6.45) is 0.494. The molecule has 1 N–H and O–H groups in total. The molecule has 0 saturated carbocycles. The average molecular weight is 274 g/mol. The Labute approximate surface area is 103 Å². The molecule has 0 fully saturated rings. The Morgan fingerprint density at radius 3 is 2.13 bits per heavy atom. The minimum absolute atomic E-state index is 0. The van der Waals surface area contributed by atoms with Crippen LogP contribution < -0.4 is 17.0 Å². The molecule has 0 radical (unpaired) electrons. The van der Waals surface area contributed by atoms with Crippen LogP contribution in [0.1, 0.15) is 5.56 Å². The van der Waals surface area contributed by atoms with E-state index in [1.807, 2.05) is 18.2 Å². The normalized spacial score (nSPS) is 13.1. The number of quaternary nitrogens is 1. The van der Waals surface area contributed by atoms with Gasteiger partial charge in [0.05, 0.1) is 21.1 Å². The van der Waals surface area contributed by atoms with Crippen molar-refractivity contribution < 1.29 is 26.6 Å². The van der Waals surface area contributed by atoms with Gasteiger partial charge in [-0.25, -0.2) is 0 Å². The lowest BCUT2D eigenvalue weighted by Crippen LogP contribution is -3.00. The number of rotatable bonds is 4. The first-order chi connectivity index (χ1) is 6.47. The van der Waals surface area contributed by atoms with Crippen LogP contribution in [0.4, 0.5) is 0 Å². The van der Waals surface area contributed by atoms with E-state index in [1.54, 1.807) is 0 Å². The van der Waals surface area contributed by atoms with Gasteiger partial charge in [0, 0.05) is 6.42 Å². The fourth-order valence-corrected chi connectivity index (χ4v) is 1.58. The first-order valence-corrected chi connectivity index (χ1v) is 5.00. The standard InChI is InChI=1S/C12H20NO.BrH/c1-13(2,3)10-12(14)9-11-7-5-4-6-8-11;/h4-8,12,14H,9-10H2,1-3H3;1H/q+1;/p-1. The number of nitrogens with zero attached hydrogens (tertiary/aromatic N) is 1. The topological polar surface area (TPSA) is 20.2 Å². The highest BCUT2D eigenvalue weighted by Crippen LogP contribution is 2.05. The summed E-state index contributed by atoms with van der Waals surface area (Å²) < 4.78 is 0.800. The van der Waals surface area contributed by atoms with Gasteiger partial charge in [-0.3, -0.25) is 0 Å². The first-order valence-electron chi connectivity index (χ1n) is 5.00. The Bertz CT molecular complexity index is 269. The van der Waals surface area contributed by atoms with Crippen LogP contribution >= 0.6 is 0 Å². The number of halogens is 1. The molecule has 0 heterocycles. The molecule has 2 nitrogen and oxygen atoms in total. The second-order valence-corrected chi connectivity index (χ2v) is 4.82. The van der Waals surface area contributed by atoms with Crippen LogP contribution in [0.25, 0.3) is 0 Å². The van der Waals surface area contributed by atoms with Gasteiger partial charge in [0.25, 0.3) is 0 Å². The first kappa shape index (κ1) is 14.6. The zero-order chi connectivity index (χ0) is 10.6. The van der Waals surface area contributed by atoms with Crippen LogP contribution in [-0.4, -0.2) is 43.4 Å². The second-order valence-electron chi connectivity index (χ2n) is 4.82. The lowest BCUT2D eigenvalue weighted by atomic mass is 10.1. The van der Waals surface area contributed by atoms with Crippen molar-refractivity contribution in [1.82, 2.24) is 0 Å². The van der Waals surface area contributed by atoms with Crippen LogP contribution in [0.15, 0.2) is 30.3 Å². The van der Waals surface area contributed by atoms with E-state index in [9.17, 15) is 5.11 Å². The van der Waals surface area contributed by atoms with E-state index in [2.05, 4.69) is 33.3 Å². The molecular formula is C12H20BrNO. The molecule has 0 aliphatic rings. The van der Waals surface area contributed by atoms with Gasteiger partial charge in [0.1, 0.15) is 12.6 Å². The van der Waals surface area contributed by atoms with Crippen molar-refractivity contribution in [3.05, 3.63) is 35.9 Å². The lowest BCUT2D eigenvalue weighted by molar-refractivity contribution is -0.873. The third kappa shape index (κ3) is 6.66. The molecule has 86 valence electrons. The number of hydrogen-bond acceptors (Lipinski definition) is 1. The summed E-state index contributed by atoms with van der Waals surface area (Å²) in [6.45, 7) is 0.787. The van der Waals surface area contributed by atoms with Crippen molar-refractivity contribution in [2.75, 3.05) is 27.7 Å². The highest BCUT2D eigenvalue weighted by molar-refractivity contribution is 5.15. The van der Waals surface area contributed by atoms with Crippen molar-refractivity contribution in [1.29, 1.82) is 0 Å².